The lowest BCUT2D eigenvalue weighted by Crippen LogP contribution is -2.55. The maximum absolute atomic E-state index is 12.1. The second kappa shape index (κ2) is 7.37. The molecule has 0 aliphatic carbocycles. The third-order valence-corrected chi connectivity index (χ3v) is 4.07. The minimum atomic E-state index is -1.36. The highest BCUT2D eigenvalue weighted by Crippen LogP contribution is 2.19. The summed E-state index contributed by atoms with van der Waals surface area (Å²) in [4.78, 5) is 35.4. The van der Waals surface area contributed by atoms with Crippen molar-refractivity contribution in [2.24, 2.45) is 0 Å². The van der Waals surface area contributed by atoms with Gasteiger partial charge in [0.25, 0.3) is 0 Å². The van der Waals surface area contributed by atoms with Crippen molar-refractivity contribution in [2.45, 2.75) is 38.1 Å². The summed E-state index contributed by atoms with van der Waals surface area (Å²) < 4.78 is 5.08. The monoisotopic (exact) mass is 319 g/mol. The van der Waals surface area contributed by atoms with Gasteiger partial charge in [0, 0.05) is 31.4 Å². The lowest BCUT2D eigenvalue weighted by molar-refractivity contribution is -0.147. The number of Topliss-reactive ketones (excluding diaryl/α,β-unsaturated/α-hetero) is 1. The first kappa shape index (κ1) is 17.1. The Kier molecular flexibility index (Phi) is 5.50. The molecule has 2 rings (SSSR count). The summed E-state index contributed by atoms with van der Waals surface area (Å²) in [6, 6.07) is 7.29. The molecule has 1 saturated heterocycles. The van der Waals surface area contributed by atoms with E-state index in [0.717, 1.165) is 12.0 Å². The van der Waals surface area contributed by atoms with Gasteiger partial charge in [-0.15, -0.1) is 0 Å². The van der Waals surface area contributed by atoms with E-state index in [1.165, 1.54) is 0 Å². The molecule has 0 aromatic heterocycles. The zero-order chi connectivity index (χ0) is 16.9. The quantitative estimate of drug-likeness (QED) is 0.744. The van der Waals surface area contributed by atoms with Crippen molar-refractivity contribution in [3.63, 3.8) is 0 Å². The predicted octanol–water partition coefficient (Wildman–Crippen LogP) is 1.57. The number of rotatable bonds is 7. The molecular weight excluding hydrogens is 298 g/mol. The number of aryl methyl sites for hydroxylation is 1. The molecule has 0 bridgehead atoms. The lowest BCUT2D eigenvalue weighted by Gasteiger charge is -2.23. The Balaban J connectivity index is 1.88. The molecule has 6 heteroatoms. The molecule has 124 valence electrons. The molecule has 1 amide bonds. The SMILES string of the molecule is CCc1ccc(C(=O)CCC(=O)NC2(C(=O)O)CCOC2)cc1. The molecule has 0 saturated carbocycles. The normalized spacial score (nSPS) is 20.2. The molecule has 23 heavy (non-hydrogen) atoms. The fourth-order valence-corrected chi connectivity index (χ4v) is 2.51. The van der Waals surface area contributed by atoms with Crippen molar-refractivity contribution < 1.29 is 24.2 Å². The van der Waals surface area contributed by atoms with Gasteiger partial charge in [0.15, 0.2) is 11.3 Å². The second-order valence-electron chi connectivity index (χ2n) is 5.71. The highest BCUT2D eigenvalue weighted by molar-refractivity contribution is 5.98. The van der Waals surface area contributed by atoms with E-state index in [1.807, 2.05) is 19.1 Å². The summed E-state index contributed by atoms with van der Waals surface area (Å²) >= 11 is 0. The van der Waals surface area contributed by atoms with E-state index in [2.05, 4.69) is 5.32 Å². The number of amides is 1. The number of carbonyl (C=O) groups excluding carboxylic acids is 2. The molecule has 0 radical (unpaired) electrons. The summed E-state index contributed by atoms with van der Waals surface area (Å²) in [7, 11) is 0. The molecule has 1 fully saturated rings. The first-order valence-electron chi connectivity index (χ1n) is 7.71. The fraction of sp³-hybridized carbons (Fsp3) is 0.471. The summed E-state index contributed by atoms with van der Waals surface area (Å²) in [5.41, 5.74) is 0.346. The van der Waals surface area contributed by atoms with Crippen LogP contribution < -0.4 is 5.32 Å². The van der Waals surface area contributed by atoms with Crippen LogP contribution in [0, 0.1) is 0 Å². The van der Waals surface area contributed by atoms with Crippen LogP contribution in [0.15, 0.2) is 24.3 Å². The van der Waals surface area contributed by atoms with Crippen molar-refractivity contribution in [1.29, 1.82) is 0 Å². The molecule has 1 atom stereocenters. The van der Waals surface area contributed by atoms with E-state index in [4.69, 9.17) is 4.74 Å². The summed E-state index contributed by atoms with van der Waals surface area (Å²) in [5, 5.41) is 11.8. The third-order valence-electron chi connectivity index (χ3n) is 4.07. The van der Waals surface area contributed by atoms with Gasteiger partial charge in [-0.2, -0.15) is 0 Å². The third kappa shape index (κ3) is 4.16. The van der Waals surface area contributed by atoms with Crippen molar-refractivity contribution in [1.82, 2.24) is 5.32 Å². The molecule has 1 aromatic carbocycles. The number of ether oxygens (including phenoxy) is 1. The van der Waals surface area contributed by atoms with Gasteiger partial charge in [0.05, 0.1) is 6.61 Å². The van der Waals surface area contributed by atoms with Crippen LogP contribution in [0.3, 0.4) is 0 Å². The molecule has 0 spiro atoms. The highest BCUT2D eigenvalue weighted by atomic mass is 16.5. The van der Waals surface area contributed by atoms with E-state index in [-0.39, 0.29) is 31.7 Å². The minimum Gasteiger partial charge on any atom is -0.479 e. The standard InChI is InChI=1S/C17H21NO5/c1-2-12-3-5-13(6-4-12)14(19)7-8-15(20)18-17(16(21)22)9-10-23-11-17/h3-6H,2,7-11H2,1H3,(H,18,20)(H,21,22). The largest absolute Gasteiger partial charge is 0.479 e. The second-order valence-corrected chi connectivity index (χ2v) is 5.71. The number of carboxylic acid groups (broad SMARTS) is 1. The van der Waals surface area contributed by atoms with Gasteiger partial charge < -0.3 is 15.2 Å². The molecule has 1 aliphatic rings. The van der Waals surface area contributed by atoms with E-state index < -0.39 is 17.4 Å². The van der Waals surface area contributed by atoms with Gasteiger partial charge in [-0.05, 0) is 12.0 Å². The number of benzene rings is 1. The van der Waals surface area contributed by atoms with Crippen LogP contribution in [0.4, 0.5) is 0 Å². The minimum absolute atomic E-state index is 0.0383. The molecule has 6 nitrogen and oxygen atoms in total. The topological polar surface area (TPSA) is 92.7 Å². The van der Waals surface area contributed by atoms with Crippen molar-refractivity contribution >= 4 is 17.7 Å². The van der Waals surface area contributed by atoms with Gasteiger partial charge in [0.1, 0.15) is 0 Å². The number of nitrogens with one attached hydrogen (secondary N) is 1. The summed E-state index contributed by atoms with van der Waals surface area (Å²) in [5.74, 6) is -1.68. The molecule has 1 unspecified atom stereocenters. The van der Waals surface area contributed by atoms with Gasteiger partial charge in [-0.25, -0.2) is 4.79 Å². The average Bonchev–Trinajstić information content (AvgIpc) is 3.02. The number of carbonyl (C=O) groups is 3. The van der Waals surface area contributed by atoms with Crippen LogP contribution >= 0.6 is 0 Å². The van der Waals surface area contributed by atoms with Gasteiger partial charge >= 0.3 is 5.97 Å². The molecular formula is C17H21NO5. The Morgan fingerprint density at radius 1 is 1.22 bits per heavy atom. The van der Waals surface area contributed by atoms with Gasteiger partial charge in [-0.1, -0.05) is 31.2 Å². The summed E-state index contributed by atoms with van der Waals surface area (Å²) in [6.07, 6.45) is 1.15. The van der Waals surface area contributed by atoms with Crippen LogP contribution in [0.5, 0.6) is 0 Å². The van der Waals surface area contributed by atoms with E-state index in [9.17, 15) is 19.5 Å². The van der Waals surface area contributed by atoms with Gasteiger partial charge in [-0.3, -0.25) is 9.59 Å². The Hall–Kier alpha value is -2.21. The van der Waals surface area contributed by atoms with E-state index in [1.54, 1.807) is 12.1 Å². The first-order chi connectivity index (χ1) is 11.0. The number of hydrogen-bond donors (Lipinski definition) is 2. The van der Waals surface area contributed by atoms with Crippen molar-refractivity contribution in [3.8, 4) is 0 Å². The molecule has 2 N–H and O–H groups in total. The van der Waals surface area contributed by atoms with Crippen LogP contribution in [0.2, 0.25) is 0 Å². The molecule has 1 aliphatic heterocycles. The fourth-order valence-electron chi connectivity index (χ4n) is 2.51. The number of hydrogen-bond acceptors (Lipinski definition) is 4. The predicted molar refractivity (Wildman–Crippen MR) is 83.3 cm³/mol. The van der Waals surface area contributed by atoms with E-state index in [0.29, 0.717) is 12.2 Å². The maximum atomic E-state index is 12.1. The Morgan fingerprint density at radius 2 is 1.91 bits per heavy atom. The zero-order valence-corrected chi connectivity index (χ0v) is 13.1. The van der Waals surface area contributed by atoms with Crippen molar-refractivity contribution in [3.05, 3.63) is 35.4 Å². The first-order valence-corrected chi connectivity index (χ1v) is 7.71. The average molecular weight is 319 g/mol. The van der Waals surface area contributed by atoms with E-state index >= 15 is 0 Å². The van der Waals surface area contributed by atoms with Gasteiger partial charge in [0.2, 0.25) is 5.91 Å². The lowest BCUT2D eigenvalue weighted by atomic mass is 9.98. The van der Waals surface area contributed by atoms with Crippen LogP contribution in [0.1, 0.15) is 42.1 Å². The Bertz CT molecular complexity index is 588. The molecule has 1 heterocycles. The van der Waals surface area contributed by atoms with Crippen LogP contribution in [0.25, 0.3) is 0 Å². The van der Waals surface area contributed by atoms with Crippen LogP contribution in [-0.4, -0.2) is 41.5 Å². The number of aliphatic carboxylic acids is 1. The summed E-state index contributed by atoms with van der Waals surface area (Å²) in [6.45, 7) is 2.29. The number of carboxylic acids is 1. The smallest absolute Gasteiger partial charge is 0.331 e. The maximum Gasteiger partial charge on any atom is 0.331 e. The number of ketones is 1. The Labute approximate surface area is 134 Å². The Morgan fingerprint density at radius 3 is 2.43 bits per heavy atom. The van der Waals surface area contributed by atoms with Crippen molar-refractivity contribution in [2.75, 3.05) is 13.2 Å². The molecule has 1 aromatic rings. The highest BCUT2D eigenvalue weighted by Gasteiger charge is 2.43. The van der Waals surface area contributed by atoms with Crippen LogP contribution in [-0.2, 0) is 20.7 Å². The zero-order valence-electron chi connectivity index (χ0n) is 13.1.